The SMILES string of the molecule is Cc1ccc([C@]2(C)NC(=O)N(Cc3nc(-c4cccs4)no3)C2=O)cc1. The monoisotopic (exact) mass is 368 g/mol. The van der Waals surface area contributed by atoms with Crippen LogP contribution in [-0.2, 0) is 16.9 Å². The Hall–Kier alpha value is -3.00. The zero-order valence-corrected chi connectivity index (χ0v) is 15.0. The summed E-state index contributed by atoms with van der Waals surface area (Å²) in [7, 11) is 0. The van der Waals surface area contributed by atoms with Crippen molar-refractivity contribution in [1.29, 1.82) is 0 Å². The van der Waals surface area contributed by atoms with Crippen molar-refractivity contribution in [2.75, 3.05) is 0 Å². The molecule has 132 valence electrons. The summed E-state index contributed by atoms with van der Waals surface area (Å²) in [4.78, 5) is 31.5. The normalized spacial score (nSPS) is 19.8. The van der Waals surface area contributed by atoms with Crippen LogP contribution in [0.2, 0.25) is 0 Å². The number of rotatable bonds is 4. The fourth-order valence-electron chi connectivity index (χ4n) is 2.88. The highest BCUT2D eigenvalue weighted by molar-refractivity contribution is 7.13. The third-order valence-corrected chi connectivity index (χ3v) is 5.27. The lowest BCUT2D eigenvalue weighted by Crippen LogP contribution is -2.40. The van der Waals surface area contributed by atoms with Gasteiger partial charge in [0.05, 0.1) is 4.88 Å². The fraction of sp³-hybridized carbons (Fsp3) is 0.222. The van der Waals surface area contributed by atoms with Gasteiger partial charge in [-0.1, -0.05) is 41.1 Å². The molecule has 7 nitrogen and oxygen atoms in total. The number of thiophene rings is 1. The van der Waals surface area contributed by atoms with Crippen LogP contribution >= 0.6 is 11.3 Å². The van der Waals surface area contributed by atoms with Gasteiger partial charge in [-0.3, -0.25) is 9.69 Å². The van der Waals surface area contributed by atoms with E-state index in [0.29, 0.717) is 5.82 Å². The second-order valence-corrected chi connectivity index (χ2v) is 7.25. The summed E-state index contributed by atoms with van der Waals surface area (Å²) in [6, 6.07) is 10.8. The summed E-state index contributed by atoms with van der Waals surface area (Å²) in [5, 5.41) is 8.59. The summed E-state index contributed by atoms with van der Waals surface area (Å²) in [5.74, 6) is 0.315. The Bertz CT molecular complexity index is 965. The molecule has 3 amide bonds. The van der Waals surface area contributed by atoms with Gasteiger partial charge in [0.25, 0.3) is 5.91 Å². The van der Waals surface area contributed by atoms with Crippen LogP contribution in [0.15, 0.2) is 46.3 Å². The number of amides is 3. The van der Waals surface area contributed by atoms with Crippen LogP contribution in [0.25, 0.3) is 10.7 Å². The number of carbonyl (C=O) groups excluding carboxylic acids is 2. The maximum atomic E-state index is 12.9. The van der Waals surface area contributed by atoms with Crippen LogP contribution in [0.3, 0.4) is 0 Å². The summed E-state index contributed by atoms with van der Waals surface area (Å²) >= 11 is 1.49. The predicted octanol–water partition coefficient (Wildman–Crippen LogP) is 3.07. The minimum Gasteiger partial charge on any atom is -0.337 e. The Balaban J connectivity index is 1.57. The van der Waals surface area contributed by atoms with E-state index >= 15 is 0 Å². The summed E-state index contributed by atoms with van der Waals surface area (Å²) in [5.41, 5.74) is 0.702. The highest BCUT2D eigenvalue weighted by Crippen LogP contribution is 2.30. The molecule has 1 saturated heterocycles. The molecular weight excluding hydrogens is 352 g/mol. The van der Waals surface area contributed by atoms with Crippen molar-refractivity contribution in [3.63, 3.8) is 0 Å². The van der Waals surface area contributed by atoms with Crippen LogP contribution in [0, 0.1) is 6.92 Å². The summed E-state index contributed by atoms with van der Waals surface area (Å²) in [6.45, 7) is 3.60. The van der Waals surface area contributed by atoms with E-state index < -0.39 is 11.6 Å². The first-order valence-electron chi connectivity index (χ1n) is 8.05. The Labute approximate surface area is 153 Å². The Morgan fingerprint density at radius 3 is 2.69 bits per heavy atom. The molecule has 1 N–H and O–H groups in total. The third-order valence-electron chi connectivity index (χ3n) is 4.41. The van der Waals surface area contributed by atoms with E-state index in [0.717, 1.165) is 20.9 Å². The average molecular weight is 368 g/mol. The molecule has 4 rings (SSSR count). The molecular formula is C18H16N4O3S. The lowest BCUT2D eigenvalue weighted by atomic mass is 9.91. The van der Waals surface area contributed by atoms with Crippen molar-refractivity contribution >= 4 is 23.3 Å². The van der Waals surface area contributed by atoms with Crippen LogP contribution in [0.1, 0.15) is 23.9 Å². The van der Waals surface area contributed by atoms with Crippen molar-refractivity contribution in [3.05, 3.63) is 58.8 Å². The number of imide groups is 1. The molecule has 26 heavy (non-hydrogen) atoms. The number of hydrogen-bond donors (Lipinski definition) is 1. The second kappa shape index (κ2) is 6.06. The fourth-order valence-corrected chi connectivity index (χ4v) is 3.53. The first-order valence-corrected chi connectivity index (χ1v) is 8.93. The summed E-state index contributed by atoms with van der Waals surface area (Å²) in [6.07, 6.45) is 0. The smallest absolute Gasteiger partial charge is 0.325 e. The van der Waals surface area contributed by atoms with E-state index in [9.17, 15) is 9.59 Å². The van der Waals surface area contributed by atoms with Gasteiger partial charge in [0.1, 0.15) is 12.1 Å². The number of benzene rings is 1. The number of hydrogen-bond acceptors (Lipinski definition) is 6. The van der Waals surface area contributed by atoms with Crippen LogP contribution in [0.4, 0.5) is 4.79 Å². The van der Waals surface area contributed by atoms with E-state index in [2.05, 4.69) is 15.5 Å². The average Bonchev–Trinajstić information content (AvgIpc) is 3.34. The molecule has 1 aliphatic rings. The molecule has 0 saturated carbocycles. The zero-order valence-electron chi connectivity index (χ0n) is 14.2. The minimum absolute atomic E-state index is 0.0650. The van der Waals surface area contributed by atoms with Crippen molar-refractivity contribution in [2.24, 2.45) is 0 Å². The number of aromatic nitrogens is 2. The quantitative estimate of drug-likeness (QED) is 0.715. The van der Waals surface area contributed by atoms with E-state index in [1.165, 1.54) is 11.3 Å². The Kier molecular flexibility index (Phi) is 3.84. The van der Waals surface area contributed by atoms with Gasteiger partial charge < -0.3 is 9.84 Å². The lowest BCUT2D eigenvalue weighted by Gasteiger charge is -2.22. The molecule has 1 atom stereocenters. The minimum atomic E-state index is -1.11. The number of aryl methyl sites for hydroxylation is 1. The molecule has 1 fully saturated rings. The van der Waals surface area contributed by atoms with E-state index in [4.69, 9.17) is 4.52 Å². The van der Waals surface area contributed by atoms with Crippen molar-refractivity contribution in [1.82, 2.24) is 20.4 Å². The molecule has 0 unspecified atom stereocenters. The van der Waals surface area contributed by atoms with Gasteiger partial charge >= 0.3 is 6.03 Å². The third kappa shape index (κ3) is 2.68. The molecule has 3 aromatic rings. The molecule has 1 aliphatic heterocycles. The molecule has 0 aliphatic carbocycles. The van der Waals surface area contributed by atoms with Gasteiger partial charge in [-0.15, -0.1) is 11.3 Å². The van der Waals surface area contributed by atoms with Gasteiger partial charge in [-0.2, -0.15) is 4.98 Å². The number of urea groups is 1. The van der Waals surface area contributed by atoms with Gasteiger partial charge in [-0.25, -0.2) is 4.79 Å². The summed E-state index contributed by atoms with van der Waals surface area (Å²) < 4.78 is 5.21. The number of carbonyl (C=O) groups is 2. The van der Waals surface area contributed by atoms with Crippen molar-refractivity contribution in [3.8, 4) is 10.7 Å². The number of nitrogens with zero attached hydrogens (tertiary/aromatic N) is 3. The molecule has 0 radical (unpaired) electrons. The van der Waals surface area contributed by atoms with Crippen LogP contribution in [-0.4, -0.2) is 27.0 Å². The van der Waals surface area contributed by atoms with Crippen LogP contribution < -0.4 is 5.32 Å². The maximum Gasteiger partial charge on any atom is 0.325 e. The highest BCUT2D eigenvalue weighted by atomic mass is 32.1. The van der Waals surface area contributed by atoms with Crippen molar-refractivity contribution < 1.29 is 14.1 Å². The molecule has 3 heterocycles. The topological polar surface area (TPSA) is 88.3 Å². The standard InChI is InChI=1S/C18H16N4O3S/c1-11-5-7-12(8-6-11)18(2)16(23)22(17(24)20-18)10-14-19-15(21-25-14)13-4-3-9-26-13/h3-9H,10H2,1-2H3,(H,20,24)/t18-/m0/s1. The largest absolute Gasteiger partial charge is 0.337 e. The Morgan fingerprint density at radius 2 is 2.00 bits per heavy atom. The van der Waals surface area contributed by atoms with E-state index in [1.54, 1.807) is 6.92 Å². The molecule has 1 aromatic carbocycles. The first kappa shape index (κ1) is 16.5. The molecule has 2 aromatic heterocycles. The van der Waals surface area contributed by atoms with Gasteiger partial charge in [0.2, 0.25) is 11.7 Å². The van der Waals surface area contributed by atoms with E-state index in [-0.39, 0.29) is 18.3 Å². The van der Waals surface area contributed by atoms with Crippen molar-refractivity contribution in [2.45, 2.75) is 25.9 Å². The first-order chi connectivity index (χ1) is 12.5. The molecule has 8 heteroatoms. The second-order valence-electron chi connectivity index (χ2n) is 6.30. The maximum absolute atomic E-state index is 12.9. The highest BCUT2D eigenvalue weighted by Gasteiger charge is 2.49. The van der Waals surface area contributed by atoms with Crippen LogP contribution in [0.5, 0.6) is 0 Å². The Morgan fingerprint density at radius 1 is 1.23 bits per heavy atom. The van der Waals surface area contributed by atoms with Gasteiger partial charge in [0, 0.05) is 0 Å². The van der Waals surface area contributed by atoms with E-state index in [1.807, 2.05) is 48.7 Å². The van der Waals surface area contributed by atoms with Gasteiger partial charge in [-0.05, 0) is 30.9 Å². The molecule has 0 spiro atoms. The number of nitrogens with one attached hydrogen (secondary N) is 1. The molecule has 0 bridgehead atoms. The lowest BCUT2D eigenvalue weighted by molar-refractivity contribution is -0.131. The zero-order chi connectivity index (χ0) is 18.3. The predicted molar refractivity (Wildman–Crippen MR) is 95.2 cm³/mol. The van der Waals surface area contributed by atoms with Gasteiger partial charge in [0.15, 0.2) is 0 Å².